The second-order valence-electron chi connectivity index (χ2n) is 5.16. The molecule has 1 heterocycles. The van der Waals surface area contributed by atoms with Crippen molar-refractivity contribution < 1.29 is 0 Å². The highest BCUT2D eigenvalue weighted by Gasteiger charge is 2.34. The van der Waals surface area contributed by atoms with Gasteiger partial charge in [0, 0.05) is 6.04 Å². The maximum atomic E-state index is 3.51. The molecule has 2 heteroatoms. The van der Waals surface area contributed by atoms with Crippen molar-refractivity contribution in [2.45, 2.75) is 51.5 Å². The van der Waals surface area contributed by atoms with Crippen molar-refractivity contribution in [1.82, 2.24) is 10.2 Å². The molecule has 0 bridgehead atoms. The van der Waals surface area contributed by atoms with Crippen LogP contribution in [0.25, 0.3) is 0 Å². The van der Waals surface area contributed by atoms with Crippen LogP contribution in [0.4, 0.5) is 0 Å². The molecule has 2 nitrogen and oxygen atoms in total. The molecular weight excluding hydrogens is 184 g/mol. The lowest BCUT2D eigenvalue weighted by Crippen LogP contribution is -2.50. The summed E-state index contributed by atoms with van der Waals surface area (Å²) in [4.78, 5) is 2.78. The van der Waals surface area contributed by atoms with E-state index in [1.807, 2.05) is 0 Å². The molecule has 2 aliphatic rings. The fourth-order valence-electron chi connectivity index (χ4n) is 3.03. The van der Waals surface area contributed by atoms with Gasteiger partial charge >= 0.3 is 0 Å². The van der Waals surface area contributed by atoms with Crippen molar-refractivity contribution in [2.75, 3.05) is 26.2 Å². The van der Waals surface area contributed by atoms with Gasteiger partial charge in [0.25, 0.3) is 0 Å². The first kappa shape index (κ1) is 11.4. The highest BCUT2D eigenvalue weighted by molar-refractivity contribution is 4.90. The molecule has 0 amide bonds. The van der Waals surface area contributed by atoms with Gasteiger partial charge in [-0.3, -0.25) is 0 Å². The zero-order valence-corrected chi connectivity index (χ0v) is 10.2. The van der Waals surface area contributed by atoms with Gasteiger partial charge in [0.05, 0.1) is 0 Å². The third-order valence-corrected chi connectivity index (χ3v) is 4.14. The zero-order chi connectivity index (χ0) is 10.5. The van der Waals surface area contributed by atoms with E-state index in [4.69, 9.17) is 0 Å². The minimum absolute atomic E-state index is 0.919. The molecule has 1 aliphatic heterocycles. The quantitative estimate of drug-likeness (QED) is 0.765. The van der Waals surface area contributed by atoms with Crippen molar-refractivity contribution in [3.05, 3.63) is 0 Å². The van der Waals surface area contributed by atoms with E-state index in [-0.39, 0.29) is 0 Å². The predicted octanol–water partition coefficient (Wildman–Crippen LogP) is 2.25. The SMILES string of the molecule is CCNCC1CCC1N1CCCCCC1. The smallest absolute Gasteiger partial charge is 0.0136 e. The monoisotopic (exact) mass is 210 g/mol. The van der Waals surface area contributed by atoms with Crippen LogP contribution in [0.5, 0.6) is 0 Å². The molecular formula is C13H26N2. The lowest BCUT2D eigenvalue weighted by atomic mass is 9.78. The third kappa shape index (κ3) is 2.94. The summed E-state index contributed by atoms with van der Waals surface area (Å²) in [6.45, 7) is 7.32. The van der Waals surface area contributed by atoms with E-state index in [9.17, 15) is 0 Å². The van der Waals surface area contributed by atoms with Crippen LogP contribution in [0, 0.1) is 5.92 Å². The van der Waals surface area contributed by atoms with Gasteiger partial charge in [-0.15, -0.1) is 0 Å². The van der Waals surface area contributed by atoms with Crippen LogP contribution >= 0.6 is 0 Å². The highest BCUT2D eigenvalue weighted by Crippen LogP contribution is 2.32. The Morgan fingerprint density at radius 3 is 2.33 bits per heavy atom. The van der Waals surface area contributed by atoms with Crippen LogP contribution in [-0.4, -0.2) is 37.1 Å². The van der Waals surface area contributed by atoms with E-state index >= 15 is 0 Å². The Hall–Kier alpha value is -0.0800. The lowest BCUT2D eigenvalue weighted by molar-refractivity contribution is 0.0649. The summed E-state index contributed by atoms with van der Waals surface area (Å²) in [5.74, 6) is 0.947. The van der Waals surface area contributed by atoms with Crippen LogP contribution in [0.3, 0.4) is 0 Å². The molecule has 1 N–H and O–H groups in total. The summed E-state index contributed by atoms with van der Waals surface area (Å²) in [5, 5.41) is 3.51. The van der Waals surface area contributed by atoms with E-state index in [0.29, 0.717) is 0 Å². The fourth-order valence-corrected chi connectivity index (χ4v) is 3.03. The first-order valence-corrected chi connectivity index (χ1v) is 6.86. The molecule has 0 spiro atoms. The van der Waals surface area contributed by atoms with E-state index in [1.54, 1.807) is 0 Å². The molecule has 0 aromatic heterocycles. The fraction of sp³-hybridized carbons (Fsp3) is 1.00. The third-order valence-electron chi connectivity index (χ3n) is 4.14. The van der Waals surface area contributed by atoms with Gasteiger partial charge in [0.2, 0.25) is 0 Å². The van der Waals surface area contributed by atoms with Crippen molar-refractivity contribution >= 4 is 0 Å². The molecule has 0 aromatic carbocycles. The predicted molar refractivity (Wildman–Crippen MR) is 65.1 cm³/mol. The topological polar surface area (TPSA) is 15.3 Å². The number of nitrogens with zero attached hydrogens (tertiary/aromatic N) is 1. The van der Waals surface area contributed by atoms with Gasteiger partial charge in [-0.2, -0.15) is 0 Å². The Kier molecular flexibility index (Phi) is 4.45. The summed E-state index contributed by atoms with van der Waals surface area (Å²) < 4.78 is 0. The van der Waals surface area contributed by atoms with Gasteiger partial charge in [0.15, 0.2) is 0 Å². The summed E-state index contributed by atoms with van der Waals surface area (Å²) in [7, 11) is 0. The number of hydrogen-bond acceptors (Lipinski definition) is 2. The maximum absolute atomic E-state index is 3.51. The zero-order valence-electron chi connectivity index (χ0n) is 10.2. The van der Waals surface area contributed by atoms with E-state index in [2.05, 4.69) is 17.1 Å². The Bertz CT molecular complexity index is 173. The minimum Gasteiger partial charge on any atom is -0.317 e. The second-order valence-corrected chi connectivity index (χ2v) is 5.16. The number of likely N-dealkylation sites (tertiary alicyclic amines) is 1. The van der Waals surface area contributed by atoms with Crippen LogP contribution in [0.2, 0.25) is 0 Å². The van der Waals surface area contributed by atoms with Crippen molar-refractivity contribution in [3.8, 4) is 0 Å². The van der Waals surface area contributed by atoms with E-state index in [0.717, 1.165) is 18.5 Å². The Balaban J connectivity index is 1.76. The summed E-state index contributed by atoms with van der Waals surface area (Å²) >= 11 is 0. The second kappa shape index (κ2) is 5.86. The van der Waals surface area contributed by atoms with Crippen molar-refractivity contribution in [2.24, 2.45) is 5.92 Å². The molecule has 2 fully saturated rings. The Labute approximate surface area is 94.4 Å². The Morgan fingerprint density at radius 2 is 1.80 bits per heavy atom. The van der Waals surface area contributed by atoms with Crippen molar-refractivity contribution in [1.29, 1.82) is 0 Å². The molecule has 0 aromatic rings. The van der Waals surface area contributed by atoms with E-state index < -0.39 is 0 Å². The largest absolute Gasteiger partial charge is 0.317 e. The van der Waals surface area contributed by atoms with Crippen LogP contribution in [-0.2, 0) is 0 Å². The number of hydrogen-bond donors (Lipinski definition) is 1. The first-order valence-electron chi connectivity index (χ1n) is 6.86. The molecule has 2 atom stereocenters. The number of rotatable bonds is 4. The molecule has 2 rings (SSSR count). The average molecular weight is 210 g/mol. The van der Waals surface area contributed by atoms with E-state index in [1.165, 1.54) is 58.2 Å². The van der Waals surface area contributed by atoms with Gasteiger partial charge < -0.3 is 10.2 Å². The van der Waals surface area contributed by atoms with Gasteiger partial charge in [-0.25, -0.2) is 0 Å². The first-order chi connectivity index (χ1) is 7.42. The molecule has 2 unspecified atom stereocenters. The molecule has 15 heavy (non-hydrogen) atoms. The molecule has 0 radical (unpaired) electrons. The number of nitrogens with one attached hydrogen (secondary N) is 1. The summed E-state index contributed by atoms with van der Waals surface area (Å²) in [6, 6.07) is 0.919. The highest BCUT2D eigenvalue weighted by atomic mass is 15.2. The standard InChI is InChI=1S/C13H26N2/c1-2-14-11-12-7-8-13(12)15-9-5-3-4-6-10-15/h12-14H,2-11H2,1H3. The lowest BCUT2D eigenvalue weighted by Gasteiger charge is -2.44. The van der Waals surface area contributed by atoms with Crippen LogP contribution in [0.1, 0.15) is 45.4 Å². The normalized spacial score (nSPS) is 33.4. The van der Waals surface area contributed by atoms with Gasteiger partial charge in [-0.1, -0.05) is 19.8 Å². The molecule has 1 aliphatic carbocycles. The molecule has 1 saturated carbocycles. The summed E-state index contributed by atoms with van der Waals surface area (Å²) in [5.41, 5.74) is 0. The molecule has 88 valence electrons. The van der Waals surface area contributed by atoms with Crippen LogP contribution < -0.4 is 5.32 Å². The van der Waals surface area contributed by atoms with Crippen LogP contribution in [0.15, 0.2) is 0 Å². The Morgan fingerprint density at radius 1 is 1.07 bits per heavy atom. The summed E-state index contributed by atoms with van der Waals surface area (Å²) in [6.07, 6.45) is 8.70. The average Bonchev–Trinajstić information content (AvgIpc) is 2.46. The van der Waals surface area contributed by atoms with Crippen molar-refractivity contribution in [3.63, 3.8) is 0 Å². The van der Waals surface area contributed by atoms with Gasteiger partial charge in [-0.05, 0) is 57.8 Å². The van der Waals surface area contributed by atoms with Gasteiger partial charge in [0.1, 0.15) is 0 Å². The molecule has 1 saturated heterocycles. The maximum Gasteiger partial charge on any atom is 0.0136 e. The minimum atomic E-state index is 0.919.